The zero-order valence-electron chi connectivity index (χ0n) is 20.5. The molecule has 1 N–H and O–H groups in total. The van der Waals surface area contributed by atoms with Crippen LogP contribution < -0.4 is 15.1 Å². The van der Waals surface area contributed by atoms with Crippen LogP contribution in [0.4, 0.5) is 11.4 Å². The third-order valence-corrected chi connectivity index (χ3v) is 7.53. The van der Waals surface area contributed by atoms with Crippen molar-refractivity contribution in [3.63, 3.8) is 0 Å². The molecule has 0 amide bonds. The van der Waals surface area contributed by atoms with Gasteiger partial charge in [0.05, 0.1) is 28.5 Å². The molecule has 0 saturated carbocycles. The monoisotopic (exact) mass is 535 g/mol. The van der Waals surface area contributed by atoms with Crippen molar-refractivity contribution in [3.8, 4) is 5.69 Å². The first-order chi connectivity index (χ1) is 17.3. The van der Waals surface area contributed by atoms with E-state index in [1.54, 1.807) is 6.07 Å². The van der Waals surface area contributed by atoms with Crippen molar-refractivity contribution >= 4 is 51.9 Å². The second-order valence-electron chi connectivity index (χ2n) is 9.17. The van der Waals surface area contributed by atoms with Gasteiger partial charge in [-0.2, -0.15) is 0 Å². The normalized spacial score (nSPS) is 17.4. The van der Waals surface area contributed by atoms with E-state index in [1.807, 2.05) is 50.6 Å². The molecule has 36 heavy (non-hydrogen) atoms. The number of aryl methyl sites for hydroxylation is 1. The highest BCUT2D eigenvalue weighted by atomic mass is 35.5. The van der Waals surface area contributed by atoms with Gasteiger partial charge in [0, 0.05) is 48.1 Å². The van der Waals surface area contributed by atoms with Crippen LogP contribution in [0.25, 0.3) is 5.69 Å². The van der Waals surface area contributed by atoms with Crippen molar-refractivity contribution in [2.45, 2.75) is 25.9 Å². The number of nitrogens with one attached hydrogen (secondary N) is 1. The lowest BCUT2D eigenvalue weighted by molar-refractivity contribution is 0.565. The van der Waals surface area contributed by atoms with Gasteiger partial charge in [0.15, 0.2) is 5.11 Å². The average molecular weight is 537 g/mol. The molecule has 2 aromatic heterocycles. The number of pyridine rings is 1. The summed E-state index contributed by atoms with van der Waals surface area (Å²) < 4.78 is 2.18. The van der Waals surface area contributed by atoms with E-state index in [9.17, 15) is 0 Å². The fourth-order valence-electron chi connectivity index (χ4n) is 4.98. The Kier molecular flexibility index (Phi) is 6.68. The lowest BCUT2D eigenvalue weighted by Gasteiger charge is -2.28. The van der Waals surface area contributed by atoms with E-state index in [-0.39, 0.29) is 12.1 Å². The molecule has 1 aliphatic rings. The van der Waals surface area contributed by atoms with Crippen molar-refractivity contribution in [2.75, 3.05) is 23.9 Å². The summed E-state index contributed by atoms with van der Waals surface area (Å²) >= 11 is 18.7. The second kappa shape index (κ2) is 9.77. The number of anilines is 2. The minimum absolute atomic E-state index is 0.108. The van der Waals surface area contributed by atoms with Crippen LogP contribution in [0, 0.1) is 13.8 Å². The standard InChI is InChI=1S/C28H27Cl2N5S/c1-17-15-22(18(2)34(17)25-13-8-19(29)16-23(25)30)27-26(24-7-5-6-14-31-24)32-28(36)35(27)21-11-9-20(10-12-21)33(3)4/h5-16,26-27H,1-4H3,(H,32,36)/t26-,27-/m1/s1. The van der Waals surface area contributed by atoms with Gasteiger partial charge in [-0.3, -0.25) is 4.98 Å². The second-order valence-corrected chi connectivity index (χ2v) is 10.4. The lowest BCUT2D eigenvalue weighted by Crippen LogP contribution is -2.29. The number of benzene rings is 2. The van der Waals surface area contributed by atoms with E-state index in [0.29, 0.717) is 15.2 Å². The number of hydrogen-bond donors (Lipinski definition) is 1. The number of halogens is 2. The zero-order valence-corrected chi connectivity index (χ0v) is 22.9. The average Bonchev–Trinajstić information content (AvgIpc) is 3.35. The molecule has 0 bridgehead atoms. The van der Waals surface area contributed by atoms with E-state index < -0.39 is 0 Å². The van der Waals surface area contributed by atoms with Crippen LogP contribution in [0.1, 0.15) is 34.7 Å². The number of thiocarbonyl (C=S) groups is 1. The van der Waals surface area contributed by atoms with E-state index >= 15 is 0 Å². The van der Waals surface area contributed by atoms with Crippen molar-refractivity contribution in [1.82, 2.24) is 14.9 Å². The Balaban J connectivity index is 1.67. The molecule has 0 radical (unpaired) electrons. The molecular weight excluding hydrogens is 509 g/mol. The molecule has 8 heteroatoms. The predicted molar refractivity (Wildman–Crippen MR) is 154 cm³/mol. The molecule has 184 valence electrons. The Labute approximate surface area is 227 Å². The highest BCUT2D eigenvalue weighted by Gasteiger charge is 2.42. The van der Waals surface area contributed by atoms with Gasteiger partial charge in [0.1, 0.15) is 0 Å². The first-order valence-corrected chi connectivity index (χ1v) is 12.8. The summed E-state index contributed by atoms with van der Waals surface area (Å²) in [5.74, 6) is 0. The van der Waals surface area contributed by atoms with Crippen LogP contribution in [0.3, 0.4) is 0 Å². The largest absolute Gasteiger partial charge is 0.378 e. The van der Waals surface area contributed by atoms with Crippen LogP contribution in [-0.4, -0.2) is 28.8 Å². The van der Waals surface area contributed by atoms with Gasteiger partial charge in [-0.25, -0.2) is 0 Å². The third-order valence-electron chi connectivity index (χ3n) is 6.68. The van der Waals surface area contributed by atoms with Crippen LogP contribution in [0.2, 0.25) is 10.0 Å². The summed E-state index contributed by atoms with van der Waals surface area (Å²) in [7, 11) is 4.07. The smallest absolute Gasteiger partial charge is 0.174 e. The maximum Gasteiger partial charge on any atom is 0.174 e. The predicted octanol–water partition coefficient (Wildman–Crippen LogP) is 7.04. The number of nitrogens with zero attached hydrogens (tertiary/aromatic N) is 4. The maximum atomic E-state index is 6.63. The molecule has 5 nitrogen and oxygen atoms in total. The fraction of sp³-hybridized carbons (Fsp3) is 0.214. The lowest BCUT2D eigenvalue weighted by atomic mass is 9.96. The van der Waals surface area contributed by atoms with E-state index in [4.69, 9.17) is 35.4 Å². The molecule has 0 spiro atoms. The molecule has 0 unspecified atom stereocenters. The van der Waals surface area contributed by atoms with E-state index in [1.165, 1.54) is 0 Å². The minimum atomic E-state index is -0.123. The van der Waals surface area contributed by atoms with Gasteiger partial charge in [-0.1, -0.05) is 29.3 Å². The molecule has 4 aromatic rings. The molecular formula is C28H27Cl2N5S. The third kappa shape index (κ3) is 4.34. The molecule has 0 aliphatic carbocycles. The van der Waals surface area contributed by atoms with E-state index in [0.717, 1.165) is 39.7 Å². The molecule has 1 fully saturated rings. The number of rotatable bonds is 5. The van der Waals surface area contributed by atoms with Crippen LogP contribution in [-0.2, 0) is 0 Å². The Morgan fingerprint density at radius 3 is 2.36 bits per heavy atom. The Morgan fingerprint density at radius 1 is 0.972 bits per heavy atom. The first kappa shape index (κ1) is 24.6. The topological polar surface area (TPSA) is 36.3 Å². The van der Waals surface area contributed by atoms with Crippen molar-refractivity contribution < 1.29 is 0 Å². The van der Waals surface area contributed by atoms with Crippen molar-refractivity contribution in [2.24, 2.45) is 0 Å². The van der Waals surface area contributed by atoms with Gasteiger partial charge in [-0.15, -0.1) is 0 Å². The van der Waals surface area contributed by atoms with Crippen LogP contribution in [0.15, 0.2) is 72.9 Å². The zero-order chi connectivity index (χ0) is 25.6. The molecule has 3 heterocycles. The highest BCUT2D eigenvalue weighted by molar-refractivity contribution is 7.80. The van der Waals surface area contributed by atoms with Gasteiger partial charge < -0.3 is 19.7 Å². The first-order valence-electron chi connectivity index (χ1n) is 11.7. The summed E-state index contributed by atoms with van der Waals surface area (Å²) in [6.07, 6.45) is 1.82. The number of hydrogen-bond acceptors (Lipinski definition) is 3. The van der Waals surface area contributed by atoms with Crippen molar-refractivity contribution in [3.05, 3.63) is 106 Å². The Hall–Kier alpha value is -3.06. The Morgan fingerprint density at radius 2 is 1.72 bits per heavy atom. The van der Waals surface area contributed by atoms with Gasteiger partial charge in [-0.05, 0) is 92.3 Å². The summed E-state index contributed by atoms with van der Waals surface area (Å²) in [6.45, 7) is 4.21. The molecule has 2 atom stereocenters. The molecule has 2 aromatic carbocycles. The quantitative estimate of drug-likeness (QED) is 0.277. The molecule has 1 saturated heterocycles. The van der Waals surface area contributed by atoms with E-state index in [2.05, 4.69) is 68.8 Å². The van der Waals surface area contributed by atoms with Crippen LogP contribution in [0.5, 0.6) is 0 Å². The van der Waals surface area contributed by atoms with Crippen molar-refractivity contribution in [1.29, 1.82) is 0 Å². The summed E-state index contributed by atoms with van der Waals surface area (Å²) in [5.41, 5.74) is 7.30. The van der Waals surface area contributed by atoms with Crippen LogP contribution >= 0.6 is 35.4 Å². The minimum Gasteiger partial charge on any atom is -0.378 e. The fourth-order valence-corrected chi connectivity index (χ4v) is 5.82. The van der Waals surface area contributed by atoms with Gasteiger partial charge in [0.2, 0.25) is 0 Å². The molecule has 1 aliphatic heterocycles. The number of aromatic nitrogens is 2. The SMILES string of the molecule is Cc1cc([C@@H]2[C@@H](c3ccccn3)NC(=S)N2c2ccc(N(C)C)cc2)c(C)n1-c1ccc(Cl)cc1Cl. The summed E-state index contributed by atoms with van der Waals surface area (Å²) in [5, 5.41) is 5.44. The summed E-state index contributed by atoms with van der Waals surface area (Å²) in [6, 6.07) is 22.0. The highest BCUT2D eigenvalue weighted by Crippen LogP contribution is 2.44. The Bertz CT molecular complexity index is 1420. The summed E-state index contributed by atoms with van der Waals surface area (Å²) in [4.78, 5) is 8.96. The maximum absolute atomic E-state index is 6.63. The van der Waals surface area contributed by atoms with Gasteiger partial charge >= 0.3 is 0 Å². The molecule has 5 rings (SSSR count). The van der Waals surface area contributed by atoms with Gasteiger partial charge in [0.25, 0.3) is 0 Å².